The molecule has 6 heteroatoms. The molecular formula is C8H9Cl3NOP. The Morgan fingerprint density at radius 1 is 1.21 bits per heavy atom. The number of hydrogen-bond acceptors (Lipinski definition) is 1. The van der Waals surface area contributed by atoms with E-state index in [1.54, 1.807) is 24.3 Å². The number of rotatable bonds is 2. The molecule has 0 saturated carbocycles. The van der Waals surface area contributed by atoms with Crippen LogP contribution in [0.5, 0.6) is 0 Å². The quantitative estimate of drug-likeness (QED) is 0.641. The standard InChI is InChI=1S/C8H9Cl3NOP/c1-14(13,8(9,10)11)12-7-5-3-2-4-6-7/h2-6H,1H3,(H,12,13)/t14-/m0/s1. The Bertz CT molecular complexity index is 349. The highest BCUT2D eigenvalue weighted by Gasteiger charge is 2.39. The highest BCUT2D eigenvalue weighted by atomic mass is 35.6. The summed E-state index contributed by atoms with van der Waals surface area (Å²) in [4.78, 5) is 0. The van der Waals surface area contributed by atoms with Gasteiger partial charge in [0.15, 0.2) is 0 Å². The van der Waals surface area contributed by atoms with Crippen LogP contribution in [-0.2, 0) is 4.57 Å². The first kappa shape index (κ1) is 12.2. The summed E-state index contributed by atoms with van der Waals surface area (Å²) in [5.74, 6) is 0. The van der Waals surface area contributed by atoms with Crippen molar-refractivity contribution in [3.8, 4) is 0 Å². The summed E-state index contributed by atoms with van der Waals surface area (Å²) in [5, 5.41) is 2.72. The van der Waals surface area contributed by atoms with Crippen molar-refractivity contribution < 1.29 is 4.57 Å². The van der Waals surface area contributed by atoms with Gasteiger partial charge in [-0.3, -0.25) is 4.57 Å². The smallest absolute Gasteiger partial charge is 0.260 e. The number of anilines is 1. The van der Waals surface area contributed by atoms with E-state index >= 15 is 0 Å². The Hall–Kier alpha value is 0.120. The molecule has 0 aliphatic heterocycles. The first-order valence-corrected chi connectivity index (χ1v) is 7.09. The molecule has 78 valence electrons. The van der Waals surface area contributed by atoms with Crippen molar-refractivity contribution >= 4 is 47.8 Å². The molecule has 0 unspecified atom stereocenters. The maximum Gasteiger partial charge on any atom is 0.260 e. The van der Waals surface area contributed by atoms with Crippen LogP contribution in [0, 0.1) is 0 Å². The third-order valence-electron chi connectivity index (χ3n) is 1.60. The molecule has 14 heavy (non-hydrogen) atoms. The average Bonchev–Trinajstić information content (AvgIpc) is 2.03. The Labute approximate surface area is 98.0 Å². The van der Waals surface area contributed by atoms with E-state index < -0.39 is 10.8 Å². The van der Waals surface area contributed by atoms with Crippen LogP contribution in [0.2, 0.25) is 0 Å². The van der Waals surface area contributed by atoms with Gasteiger partial charge in [-0.15, -0.1) is 0 Å². The van der Waals surface area contributed by atoms with Gasteiger partial charge in [0.1, 0.15) is 0 Å². The van der Waals surface area contributed by atoms with Gasteiger partial charge >= 0.3 is 0 Å². The molecule has 0 amide bonds. The van der Waals surface area contributed by atoms with E-state index in [-0.39, 0.29) is 0 Å². The van der Waals surface area contributed by atoms with Crippen LogP contribution in [0.1, 0.15) is 0 Å². The topological polar surface area (TPSA) is 29.1 Å². The Morgan fingerprint density at radius 3 is 2.14 bits per heavy atom. The minimum Gasteiger partial charge on any atom is -0.333 e. The summed E-state index contributed by atoms with van der Waals surface area (Å²) in [6.07, 6.45) is 0. The van der Waals surface area contributed by atoms with Crippen LogP contribution < -0.4 is 5.09 Å². The van der Waals surface area contributed by atoms with Crippen LogP contribution in [0.4, 0.5) is 5.69 Å². The second-order valence-electron chi connectivity index (χ2n) is 2.87. The predicted octanol–water partition coefficient (Wildman–Crippen LogP) is 4.33. The fourth-order valence-electron chi connectivity index (χ4n) is 0.822. The Kier molecular flexibility index (Phi) is 3.76. The first-order valence-electron chi connectivity index (χ1n) is 3.80. The number of alkyl halides is 3. The van der Waals surface area contributed by atoms with Gasteiger partial charge in [-0.2, -0.15) is 0 Å². The molecule has 0 aliphatic rings. The van der Waals surface area contributed by atoms with Gasteiger partial charge in [-0.1, -0.05) is 53.0 Å². The van der Waals surface area contributed by atoms with Crippen molar-refractivity contribution in [1.82, 2.24) is 0 Å². The SMILES string of the molecule is C[P@@](=O)(Nc1ccccc1)C(Cl)(Cl)Cl. The van der Waals surface area contributed by atoms with Crippen molar-refractivity contribution in [3.05, 3.63) is 30.3 Å². The maximum absolute atomic E-state index is 11.9. The molecule has 0 fully saturated rings. The molecule has 2 nitrogen and oxygen atoms in total. The van der Waals surface area contributed by atoms with E-state index in [2.05, 4.69) is 5.09 Å². The van der Waals surface area contributed by atoms with E-state index in [9.17, 15) is 4.57 Å². The van der Waals surface area contributed by atoms with Crippen molar-refractivity contribution in [1.29, 1.82) is 0 Å². The van der Waals surface area contributed by atoms with E-state index in [0.717, 1.165) is 0 Å². The lowest BCUT2D eigenvalue weighted by molar-refractivity contribution is 0.582. The molecule has 1 atom stereocenters. The van der Waals surface area contributed by atoms with Crippen molar-refractivity contribution in [3.63, 3.8) is 0 Å². The zero-order chi connectivity index (χ0) is 10.8. The monoisotopic (exact) mass is 271 g/mol. The molecule has 0 aliphatic carbocycles. The molecule has 0 saturated heterocycles. The first-order chi connectivity index (χ1) is 6.33. The predicted molar refractivity (Wildman–Crippen MR) is 63.9 cm³/mol. The summed E-state index contributed by atoms with van der Waals surface area (Å²) >= 11 is 16.7. The van der Waals surface area contributed by atoms with Gasteiger partial charge in [0.25, 0.3) is 3.53 Å². The molecular weight excluding hydrogens is 263 g/mol. The van der Waals surface area contributed by atoms with Crippen molar-refractivity contribution in [2.24, 2.45) is 0 Å². The van der Waals surface area contributed by atoms with Crippen LogP contribution in [0.15, 0.2) is 30.3 Å². The highest BCUT2D eigenvalue weighted by molar-refractivity contribution is 7.72. The fraction of sp³-hybridized carbons (Fsp3) is 0.250. The summed E-state index contributed by atoms with van der Waals surface area (Å²) in [6, 6.07) is 8.97. The van der Waals surface area contributed by atoms with E-state index in [1.165, 1.54) is 6.66 Å². The molecule has 0 heterocycles. The minimum atomic E-state index is -3.05. The van der Waals surface area contributed by atoms with E-state index in [0.29, 0.717) is 5.69 Å². The number of halogens is 3. The molecule has 0 aromatic heterocycles. The molecule has 1 aromatic carbocycles. The van der Waals surface area contributed by atoms with Gasteiger partial charge in [0.2, 0.25) is 7.29 Å². The minimum absolute atomic E-state index is 0.671. The average molecular weight is 272 g/mol. The lowest BCUT2D eigenvalue weighted by Crippen LogP contribution is -2.10. The Morgan fingerprint density at radius 2 is 1.71 bits per heavy atom. The third-order valence-corrected chi connectivity index (χ3v) is 6.16. The third kappa shape index (κ3) is 3.06. The zero-order valence-electron chi connectivity index (χ0n) is 7.38. The second kappa shape index (κ2) is 4.32. The second-order valence-corrected chi connectivity index (χ2v) is 8.68. The van der Waals surface area contributed by atoms with Gasteiger partial charge in [0, 0.05) is 12.4 Å². The van der Waals surface area contributed by atoms with Gasteiger partial charge in [-0.05, 0) is 12.1 Å². The van der Waals surface area contributed by atoms with Gasteiger partial charge in [0.05, 0.1) is 0 Å². The summed E-state index contributed by atoms with van der Waals surface area (Å²) in [5.41, 5.74) is 0.671. The summed E-state index contributed by atoms with van der Waals surface area (Å²) in [6.45, 7) is 1.40. The zero-order valence-corrected chi connectivity index (χ0v) is 10.5. The lowest BCUT2D eigenvalue weighted by atomic mass is 10.3. The molecule has 1 N–H and O–H groups in total. The molecule has 1 aromatic rings. The van der Waals surface area contributed by atoms with E-state index in [1.807, 2.05) is 6.07 Å². The normalized spacial score (nSPS) is 16.0. The number of nitrogens with one attached hydrogen (secondary N) is 1. The molecule has 0 bridgehead atoms. The number of para-hydroxylation sites is 1. The highest BCUT2D eigenvalue weighted by Crippen LogP contribution is 2.61. The largest absolute Gasteiger partial charge is 0.333 e. The summed E-state index contributed by atoms with van der Waals surface area (Å²) in [7, 11) is -3.05. The summed E-state index contributed by atoms with van der Waals surface area (Å²) < 4.78 is 10.1. The molecule has 0 spiro atoms. The van der Waals surface area contributed by atoms with Crippen LogP contribution in [0.3, 0.4) is 0 Å². The van der Waals surface area contributed by atoms with E-state index in [4.69, 9.17) is 34.8 Å². The van der Waals surface area contributed by atoms with Crippen molar-refractivity contribution in [2.75, 3.05) is 11.8 Å². The van der Waals surface area contributed by atoms with Crippen molar-refractivity contribution in [2.45, 2.75) is 3.53 Å². The Balaban J connectivity index is 2.85. The van der Waals surface area contributed by atoms with Crippen LogP contribution in [-0.4, -0.2) is 10.2 Å². The number of benzene rings is 1. The fourth-order valence-corrected chi connectivity index (χ4v) is 1.97. The van der Waals surface area contributed by atoms with Crippen LogP contribution >= 0.6 is 42.1 Å². The van der Waals surface area contributed by atoms with Gasteiger partial charge < -0.3 is 5.09 Å². The van der Waals surface area contributed by atoms with Gasteiger partial charge in [-0.25, -0.2) is 0 Å². The molecule has 0 radical (unpaired) electrons. The molecule has 1 rings (SSSR count). The maximum atomic E-state index is 11.9. The lowest BCUT2D eigenvalue weighted by Gasteiger charge is -2.22. The number of hydrogen-bond donors (Lipinski definition) is 1. The van der Waals surface area contributed by atoms with Crippen LogP contribution in [0.25, 0.3) is 0 Å².